The first-order valence-electron chi connectivity index (χ1n) is 7.54. The average molecular weight is 309 g/mol. The Bertz CT molecular complexity index is 529. The van der Waals surface area contributed by atoms with Crippen LogP contribution >= 0.6 is 11.6 Å². The molecule has 4 heteroatoms. The zero-order valence-electron chi connectivity index (χ0n) is 12.5. The van der Waals surface area contributed by atoms with Crippen molar-refractivity contribution in [2.45, 2.75) is 37.9 Å². The van der Waals surface area contributed by atoms with E-state index in [1.54, 1.807) is 7.11 Å². The predicted octanol–water partition coefficient (Wildman–Crippen LogP) is 4.22. The third kappa shape index (κ3) is 2.37. The van der Waals surface area contributed by atoms with Gasteiger partial charge < -0.3 is 14.2 Å². The lowest BCUT2D eigenvalue weighted by Gasteiger charge is -2.46. The van der Waals surface area contributed by atoms with Gasteiger partial charge in [-0.1, -0.05) is 37.1 Å². The Balaban J connectivity index is 1.92. The summed E-state index contributed by atoms with van der Waals surface area (Å²) in [6, 6.07) is 8.10. The monoisotopic (exact) mass is 308 g/mol. The van der Waals surface area contributed by atoms with Gasteiger partial charge in [0, 0.05) is 0 Å². The molecule has 1 aromatic rings. The Kier molecular flexibility index (Phi) is 4.25. The van der Waals surface area contributed by atoms with Crippen molar-refractivity contribution in [3.8, 4) is 5.75 Å². The molecular formula is C17H21ClO3. The minimum Gasteiger partial charge on any atom is -0.497 e. The number of ether oxygens (including phenoxy) is 3. The number of benzene rings is 1. The van der Waals surface area contributed by atoms with Gasteiger partial charge in [-0.15, -0.1) is 0 Å². The Morgan fingerprint density at radius 3 is 2.48 bits per heavy atom. The van der Waals surface area contributed by atoms with Crippen molar-refractivity contribution < 1.29 is 14.2 Å². The van der Waals surface area contributed by atoms with Gasteiger partial charge in [-0.3, -0.25) is 0 Å². The van der Waals surface area contributed by atoms with Crippen LogP contribution in [0.2, 0.25) is 0 Å². The second kappa shape index (κ2) is 5.99. The number of hydrogen-bond donors (Lipinski definition) is 0. The van der Waals surface area contributed by atoms with Crippen LogP contribution in [0.1, 0.15) is 37.7 Å². The maximum atomic E-state index is 6.52. The smallest absolute Gasteiger partial charge is 0.216 e. The van der Waals surface area contributed by atoms with Crippen molar-refractivity contribution >= 4 is 11.6 Å². The van der Waals surface area contributed by atoms with Crippen molar-refractivity contribution in [3.05, 3.63) is 40.4 Å². The van der Waals surface area contributed by atoms with Crippen LogP contribution < -0.4 is 4.74 Å². The van der Waals surface area contributed by atoms with E-state index >= 15 is 0 Å². The lowest BCUT2D eigenvalue weighted by atomic mass is 9.71. The van der Waals surface area contributed by atoms with Crippen LogP contribution in [-0.2, 0) is 9.47 Å². The zero-order valence-corrected chi connectivity index (χ0v) is 13.3. The van der Waals surface area contributed by atoms with E-state index in [9.17, 15) is 0 Å². The van der Waals surface area contributed by atoms with Crippen molar-refractivity contribution in [2.24, 2.45) is 0 Å². The van der Waals surface area contributed by atoms with Crippen LogP contribution in [0.3, 0.4) is 0 Å². The van der Waals surface area contributed by atoms with Gasteiger partial charge in [-0.2, -0.15) is 0 Å². The molecule has 1 spiro atoms. The van der Waals surface area contributed by atoms with Crippen molar-refractivity contribution in [1.29, 1.82) is 0 Å². The first-order chi connectivity index (χ1) is 10.2. The molecule has 1 unspecified atom stereocenters. The first kappa shape index (κ1) is 14.9. The molecule has 1 aliphatic heterocycles. The topological polar surface area (TPSA) is 27.7 Å². The summed E-state index contributed by atoms with van der Waals surface area (Å²) in [4.78, 5) is 0. The number of unbranched alkanes of at least 4 members (excludes halogenated alkanes) is 1. The third-order valence-electron chi connectivity index (χ3n) is 4.28. The Morgan fingerprint density at radius 1 is 1.24 bits per heavy atom. The van der Waals surface area contributed by atoms with E-state index in [2.05, 4.69) is 19.1 Å². The van der Waals surface area contributed by atoms with Crippen molar-refractivity contribution in [3.63, 3.8) is 0 Å². The number of rotatable bonds is 5. The quantitative estimate of drug-likeness (QED) is 0.815. The van der Waals surface area contributed by atoms with E-state index in [0.29, 0.717) is 13.2 Å². The highest BCUT2D eigenvalue weighted by atomic mass is 35.5. The maximum Gasteiger partial charge on any atom is 0.216 e. The summed E-state index contributed by atoms with van der Waals surface area (Å²) in [5.74, 6) is 0.217. The van der Waals surface area contributed by atoms with E-state index in [4.69, 9.17) is 25.8 Å². The molecule has 1 aliphatic carbocycles. The molecule has 3 nitrogen and oxygen atoms in total. The predicted molar refractivity (Wildman–Crippen MR) is 82.8 cm³/mol. The van der Waals surface area contributed by atoms with E-state index in [1.807, 2.05) is 12.1 Å². The van der Waals surface area contributed by atoms with Crippen LogP contribution in [0.25, 0.3) is 0 Å². The van der Waals surface area contributed by atoms with Crippen LogP contribution in [0.15, 0.2) is 34.9 Å². The fourth-order valence-corrected chi connectivity index (χ4v) is 3.61. The van der Waals surface area contributed by atoms with E-state index in [-0.39, 0.29) is 5.92 Å². The molecule has 0 saturated carbocycles. The molecule has 1 fully saturated rings. The summed E-state index contributed by atoms with van der Waals surface area (Å²) >= 11 is 6.52. The van der Waals surface area contributed by atoms with Gasteiger partial charge in [0.25, 0.3) is 0 Å². The minimum atomic E-state index is -0.737. The molecule has 0 amide bonds. The van der Waals surface area contributed by atoms with E-state index in [0.717, 1.165) is 30.0 Å². The summed E-state index contributed by atoms with van der Waals surface area (Å²) in [5, 5.41) is 0.759. The summed E-state index contributed by atoms with van der Waals surface area (Å²) in [6.07, 6.45) is 3.28. The van der Waals surface area contributed by atoms with Crippen molar-refractivity contribution in [1.82, 2.24) is 0 Å². The van der Waals surface area contributed by atoms with Gasteiger partial charge >= 0.3 is 0 Å². The fraction of sp³-hybridized carbons (Fsp3) is 0.529. The molecule has 21 heavy (non-hydrogen) atoms. The highest BCUT2D eigenvalue weighted by molar-refractivity contribution is 6.32. The van der Waals surface area contributed by atoms with Crippen LogP contribution in [-0.4, -0.2) is 26.1 Å². The summed E-state index contributed by atoms with van der Waals surface area (Å²) in [7, 11) is 1.67. The second-order valence-corrected chi connectivity index (χ2v) is 5.89. The molecule has 0 aromatic heterocycles. The van der Waals surface area contributed by atoms with Gasteiger partial charge in [0.15, 0.2) is 0 Å². The van der Waals surface area contributed by atoms with E-state index in [1.165, 1.54) is 11.1 Å². The molecule has 2 aliphatic rings. The molecule has 3 rings (SSSR count). The number of halogens is 1. The highest BCUT2D eigenvalue weighted by Gasteiger charge is 2.58. The number of hydrogen-bond acceptors (Lipinski definition) is 3. The SMILES string of the molecule is CCCCC1=C(Cl)C2(OCCO2)C1c1ccc(OC)cc1. The summed E-state index contributed by atoms with van der Waals surface area (Å²) in [6.45, 7) is 3.39. The largest absolute Gasteiger partial charge is 0.497 e. The molecule has 1 saturated heterocycles. The average Bonchev–Trinajstić information content (AvgIpc) is 3.03. The zero-order chi connectivity index (χ0) is 14.9. The minimum absolute atomic E-state index is 0.102. The van der Waals surface area contributed by atoms with Crippen LogP contribution in [0.4, 0.5) is 0 Å². The molecule has 1 atom stereocenters. The Morgan fingerprint density at radius 2 is 1.90 bits per heavy atom. The van der Waals surface area contributed by atoms with Gasteiger partial charge in [0.05, 0.1) is 31.3 Å². The fourth-order valence-electron chi connectivity index (χ4n) is 3.19. The van der Waals surface area contributed by atoms with E-state index < -0.39 is 5.79 Å². The Labute approximate surface area is 130 Å². The maximum absolute atomic E-state index is 6.52. The molecule has 114 valence electrons. The lowest BCUT2D eigenvalue weighted by Crippen LogP contribution is -2.47. The number of methoxy groups -OCH3 is 1. The van der Waals surface area contributed by atoms with Crippen LogP contribution in [0.5, 0.6) is 5.75 Å². The molecular weight excluding hydrogens is 288 g/mol. The van der Waals surface area contributed by atoms with Gasteiger partial charge in [0.2, 0.25) is 5.79 Å². The summed E-state index contributed by atoms with van der Waals surface area (Å²) < 4.78 is 17.0. The Hall–Kier alpha value is -1.03. The van der Waals surface area contributed by atoms with Gasteiger partial charge in [0.1, 0.15) is 5.75 Å². The van der Waals surface area contributed by atoms with Crippen LogP contribution in [0, 0.1) is 0 Å². The molecule has 0 N–H and O–H groups in total. The summed E-state index contributed by atoms with van der Waals surface area (Å²) in [5.41, 5.74) is 2.43. The second-order valence-electron chi connectivity index (χ2n) is 5.51. The van der Waals surface area contributed by atoms with Crippen molar-refractivity contribution in [2.75, 3.05) is 20.3 Å². The standard InChI is InChI=1S/C17H21ClO3/c1-3-4-5-14-15(12-6-8-13(19-2)9-7-12)17(16(14)18)20-10-11-21-17/h6-9,15H,3-5,10-11H2,1-2H3. The third-order valence-corrected chi connectivity index (χ3v) is 4.79. The first-order valence-corrected chi connectivity index (χ1v) is 7.91. The molecule has 0 bridgehead atoms. The normalized spacial score (nSPS) is 23.5. The van der Waals surface area contributed by atoms with Gasteiger partial charge in [-0.05, 0) is 36.1 Å². The van der Waals surface area contributed by atoms with Gasteiger partial charge in [-0.25, -0.2) is 0 Å². The molecule has 1 aromatic carbocycles. The lowest BCUT2D eigenvalue weighted by molar-refractivity contribution is -0.150. The molecule has 1 heterocycles. The molecule has 0 radical (unpaired) electrons. The highest BCUT2D eigenvalue weighted by Crippen LogP contribution is 2.58.